The van der Waals surface area contributed by atoms with Crippen molar-refractivity contribution in [1.82, 2.24) is 0 Å². The quantitative estimate of drug-likeness (QED) is 0.153. The molecule has 0 spiro atoms. The second-order valence-corrected chi connectivity index (χ2v) is 16.9. The number of anilines is 6. The van der Waals surface area contributed by atoms with Crippen molar-refractivity contribution in [3.05, 3.63) is 243 Å². The summed E-state index contributed by atoms with van der Waals surface area (Å²) in [4.78, 5) is 4.69. The van der Waals surface area contributed by atoms with E-state index in [2.05, 4.69) is 252 Å². The standard InChI is InChI=1S/C62H40N2O2/c1-5-17-41(18-6-1)51-25-13-15-27-57(51)63(47-21-9-3-10-22-47)49-31-29-43-37-55-53-33-34-54-56-38-44-30-32-50(36-46(44)40-60(56)66-62(54)61(53)65-59(55)39-45(43)35-49)64(48-23-11-4-12-24-48)58-28-16-14-26-52(58)42-19-7-2-8-20-42/h1-40H. The van der Waals surface area contributed by atoms with Gasteiger partial charge >= 0.3 is 0 Å². The zero-order valence-electron chi connectivity index (χ0n) is 35.8. The number of benzene rings is 11. The molecule has 0 aliphatic rings. The highest BCUT2D eigenvalue weighted by molar-refractivity contribution is 6.21. The molecule has 0 saturated carbocycles. The second kappa shape index (κ2) is 15.4. The van der Waals surface area contributed by atoms with Crippen molar-refractivity contribution in [2.24, 2.45) is 0 Å². The Morgan fingerprint density at radius 2 is 0.636 bits per heavy atom. The molecule has 66 heavy (non-hydrogen) atoms. The van der Waals surface area contributed by atoms with E-state index in [0.717, 1.165) is 111 Å². The zero-order valence-corrected chi connectivity index (χ0v) is 35.8. The lowest BCUT2D eigenvalue weighted by Gasteiger charge is -2.28. The highest BCUT2D eigenvalue weighted by Crippen LogP contribution is 2.46. The Morgan fingerprint density at radius 3 is 1.06 bits per heavy atom. The van der Waals surface area contributed by atoms with E-state index in [4.69, 9.17) is 8.83 Å². The van der Waals surface area contributed by atoms with Gasteiger partial charge in [-0.1, -0.05) is 146 Å². The normalized spacial score (nSPS) is 11.6. The first-order valence-corrected chi connectivity index (χ1v) is 22.4. The van der Waals surface area contributed by atoms with Gasteiger partial charge in [0.05, 0.1) is 11.4 Å². The molecule has 13 rings (SSSR count). The van der Waals surface area contributed by atoms with E-state index < -0.39 is 0 Å². The highest BCUT2D eigenvalue weighted by atomic mass is 16.4. The van der Waals surface area contributed by atoms with Gasteiger partial charge in [0, 0.05) is 55.4 Å². The van der Waals surface area contributed by atoms with E-state index in [-0.39, 0.29) is 0 Å². The first-order valence-electron chi connectivity index (χ1n) is 22.4. The largest absolute Gasteiger partial charge is 0.452 e. The zero-order chi connectivity index (χ0) is 43.6. The van der Waals surface area contributed by atoms with Crippen LogP contribution in [0.15, 0.2) is 251 Å². The van der Waals surface area contributed by atoms with E-state index in [9.17, 15) is 0 Å². The van der Waals surface area contributed by atoms with Crippen LogP contribution in [-0.4, -0.2) is 0 Å². The van der Waals surface area contributed by atoms with Gasteiger partial charge in [-0.05, 0) is 130 Å². The van der Waals surface area contributed by atoms with Crippen molar-refractivity contribution in [1.29, 1.82) is 0 Å². The second-order valence-electron chi connectivity index (χ2n) is 16.9. The summed E-state index contributed by atoms with van der Waals surface area (Å²) in [6.07, 6.45) is 0. The number of hydrogen-bond donors (Lipinski definition) is 0. The summed E-state index contributed by atoms with van der Waals surface area (Å²) in [5.41, 5.74) is 14.4. The number of rotatable bonds is 8. The molecule has 2 heterocycles. The Balaban J connectivity index is 0.924. The predicted molar refractivity (Wildman–Crippen MR) is 276 cm³/mol. The molecule has 13 aromatic rings. The van der Waals surface area contributed by atoms with Gasteiger partial charge in [0.25, 0.3) is 0 Å². The van der Waals surface area contributed by atoms with Crippen LogP contribution in [0, 0.1) is 0 Å². The van der Waals surface area contributed by atoms with Gasteiger partial charge < -0.3 is 18.6 Å². The average Bonchev–Trinajstić information content (AvgIpc) is 3.94. The van der Waals surface area contributed by atoms with Crippen LogP contribution in [0.1, 0.15) is 0 Å². The topological polar surface area (TPSA) is 32.8 Å². The third kappa shape index (κ3) is 6.30. The Bertz CT molecular complexity index is 3670. The summed E-state index contributed by atoms with van der Waals surface area (Å²) in [6.45, 7) is 0. The summed E-state index contributed by atoms with van der Waals surface area (Å²) in [6, 6.07) is 86.3. The van der Waals surface area contributed by atoms with Gasteiger partial charge in [-0.3, -0.25) is 0 Å². The fraction of sp³-hybridized carbons (Fsp3) is 0. The van der Waals surface area contributed by atoms with Crippen LogP contribution in [-0.2, 0) is 0 Å². The lowest BCUT2D eigenvalue weighted by Crippen LogP contribution is -2.11. The number of fused-ring (bicyclic) bond motifs is 9. The van der Waals surface area contributed by atoms with Crippen molar-refractivity contribution in [3.8, 4) is 22.3 Å². The van der Waals surface area contributed by atoms with Crippen LogP contribution in [0.25, 0.3) is 87.7 Å². The maximum absolute atomic E-state index is 6.83. The summed E-state index contributed by atoms with van der Waals surface area (Å²) in [5, 5.41) is 8.66. The molecule has 0 aliphatic carbocycles. The first-order chi connectivity index (χ1) is 32.7. The Kier molecular flexibility index (Phi) is 8.81. The van der Waals surface area contributed by atoms with E-state index in [1.807, 2.05) is 0 Å². The van der Waals surface area contributed by atoms with Crippen LogP contribution in [0.3, 0.4) is 0 Å². The molecule has 2 aromatic heterocycles. The molecule has 4 nitrogen and oxygen atoms in total. The molecule has 11 aromatic carbocycles. The van der Waals surface area contributed by atoms with Crippen molar-refractivity contribution < 1.29 is 8.83 Å². The van der Waals surface area contributed by atoms with Crippen molar-refractivity contribution in [2.75, 3.05) is 9.80 Å². The molecule has 0 atom stereocenters. The van der Waals surface area contributed by atoms with Crippen molar-refractivity contribution >= 4 is 99.5 Å². The SMILES string of the molecule is c1ccc(-c2ccccc2N(c2ccccc2)c2ccc3cc4c(cc3c2)oc2c4ccc3c4cc5ccc(N(c6ccccc6)c6ccccc6-c6ccccc6)cc5cc4oc32)cc1. The minimum atomic E-state index is 0.759. The maximum Gasteiger partial charge on any atom is 0.178 e. The minimum Gasteiger partial charge on any atom is -0.452 e. The monoisotopic (exact) mass is 844 g/mol. The molecule has 0 saturated heterocycles. The van der Waals surface area contributed by atoms with E-state index in [0.29, 0.717) is 0 Å². The summed E-state index contributed by atoms with van der Waals surface area (Å²) < 4.78 is 13.7. The number of furan rings is 2. The Hall–Kier alpha value is -8.86. The van der Waals surface area contributed by atoms with E-state index in [1.54, 1.807) is 0 Å². The third-order valence-corrected chi connectivity index (χ3v) is 13.0. The summed E-state index contributed by atoms with van der Waals surface area (Å²) in [7, 11) is 0. The van der Waals surface area contributed by atoms with Crippen LogP contribution < -0.4 is 9.80 Å². The number of para-hydroxylation sites is 4. The summed E-state index contributed by atoms with van der Waals surface area (Å²) in [5.74, 6) is 0. The van der Waals surface area contributed by atoms with Crippen LogP contribution >= 0.6 is 0 Å². The van der Waals surface area contributed by atoms with Crippen molar-refractivity contribution in [3.63, 3.8) is 0 Å². The van der Waals surface area contributed by atoms with Crippen LogP contribution in [0.2, 0.25) is 0 Å². The smallest absolute Gasteiger partial charge is 0.178 e. The minimum absolute atomic E-state index is 0.759. The molecule has 0 unspecified atom stereocenters. The number of hydrogen-bond acceptors (Lipinski definition) is 4. The Labute approximate surface area is 381 Å². The molecule has 310 valence electrons. The van der Waals surface area contributed by atoms with Gasteiger partial charge in [-0.25, -0.2) is 0 Å². The lowest BCUT2D eigenvalue weighted by atomic mass is 10.0. The molecule has 4 heteroatoms. The molecule has 0 bridgehead atoms. The lowest BCUT2D eigenvalue weighted by molar-refractivity contribution is 0.634. The first kappa shape index (κ1) is 37.7. The van der Waals surface area contributed by atoms with E-state index in [1.165, 1.54) is 11.1 Å². The molecular formula is C62H40N2O2. The van der Waals surface area contributed by atoms with Crippen LogP contribution in [0.5, 0.6) is 0 Å². The maximum atomic E-state index is 6.83. The van der Waals surface area contributed by atoms with Crippen molar-refractivity contribution in [2.45, 2.75) is 0 Å². The van der Waals surface area contributed by atoms with Crippen LogP contribution in [0.4, 0.5) is 34.1 Å². The molecule has 0 aliphatic heterocycles. The molecule has 0 fully saturated rings. The van der Waals surface area contributed by atoms with Gasteiger partial charge in [0.1, 0.15) is 11.2 Å². The van der Waals surface area contributed by atoms with Gasteiger partial charge in [0.15, 0.2) is 11.2 Å². The molecule has 0 N–H and O–H groups in total. The predicted octanol–water partition coefficient (Wildman–Crippen LogP) is 18.1. The van der Waals surface area contributed by atoms with Gasteiger partial charge in [-0.2, -0.15) is 0 Å². The Morgan fingerprint density at radius 1 is 0.258 bits per heavy atom. The van der Waals surface area contributed by atoms with Gasteiger partial charge in [0.2, 0.25) is 0 Å². The fourth-order valence-electron chi connectivity index (χ4n) is 9.88. The average molecular weight is 845 g/mol. The number of nitrogens with zero attached hydrogens (tertiary/aromatic N) is 2. The van der Waals surface area contributed by atoms with Gasteiger partial charge in [-0.15, -0.1) is 0 Å². The molecule has 0 radical (unpaired) electrons. The molecule has 0 amide bonds. The summed E-state index contributed by atoms with van der Waals surface area (Å²) >= 11 is 0. The van der Waals surface area contributed by atoms with E-state index >= 15 is 0 Å². The molecular weight excluding hydrogens is 805 g/mol. The fourth-order valence-corrected chi connectivity index (χ4v) is 9.88. The third-order valence-electron chi connectivity index (χ3n) is 13.0. The highest BCUT2D eigenvalue weighted by Gasteiger charge is 2.22.